The SMILES string of the molecule is O=C(O)C1=CN2C(C(=O)N(Cc3ccc(F)cc3)CN2Cc2ccccc2-c2ccccc2)C(O)C1=O. The maximum atomic E-state index is 13.4. The predicted molar refractivity (Wildman–Crippen MR) is 132 cm³/mol. The Hall–Kier alpha value is -4.34. The molecule has 1 amide bonds. The van der Waals surface area contributed by atoms with Gasteiger partial charge in [-0.25, -0.2) is 9.18 Å². The van der Waals surface area contributed by atoms with Crippen LogP contribution in [-0.4, -0.2) is 61.6 Å². The van der Waals surface area contributed by atoms with Crippen molar-refractivity contribution in [2.24, 2.45) is 0 Å². The Morgan fingerprint density at radius 1 is 0.919 bits per heavy atom. The summed E-state index contributed by atoms with van der Waals surface area (Å²) in [7, 11) is 0. The topological polar surface area (TPSA) is 101 Å². The number of carbonyl (C=O) groups excluding carboxylic acids is 2. The Kier molecular flexibility index (Phi) is 6.56. The van der Waals surface area contributed by atoms with E-state index in [1.165, 1.54) is 22.0 Å². The van der Waals surface area contributed by atoms with E-state index in [1.807, 2.05) is 54.6 Å². The van der Waals surface area contributed by atoms with Gasteiger partial charge < -0.3 is 15.1 Å². The monoisotopic (exact) mass is 501 g/mol. The number of aliphatic carboxylic acids is 1. The number of hydrogen-bond donors (Lipinski definition) is 2. The van der Waals surface area contributed by atoms with Crippen LogP contribution in [0.2, 0.25) is 0 Å². The predicted octanol–water partition coefficient (Wildman–Crippen LogP) is 2.79. The fourth-order valence-electron chi connectivity index (χ4n) is 4.74. The summed E-state index contributed by atoms with van der Waals surface area (Å²) in [6.45, 7) is 0.440. The van der Waals surface area contributed by atoms with Crippen molar-refractivity contribution in [3.8, 4) is 11.1 Å². The Morgan fingerprint density at radius 2 is 1.59 bits per heavy atom. The molecule has 2 N–H and O–H groups in total. The molecule has 2 unspecified atom stereocenters. The molecule has 0 bridgehead atoms. The van der Waals surface area contributed by atoms with Gasteiger partial charge in [0.05, 0.1) is 6.67 Å². The standard InChI is InChI=1S/C28H24FN3O5/c29-21-12-10-18(11-13-21)14-30-17-31(15-20-8-4-5-9-22(20)19-6-2-1-3-7-19)32-16-23(28(36)37)25(33)26(34)24(32)27(30)35/h1-13,16,24,26,34H,14-15,17H2,(H,36,37). The van der Waals surface area contributed by atoms with E-state index < -0.39 is 41.2 Å². The highest BCUT2D eigenvalue weighted by Gasteiger charge is 2.49. The van der Waals surface area contributed by atoms with E-state index in [1.54, 1.807) is 17.1 Å². The number of halogens is 1. The minimum absolute atomic E-state index is 0.0557. The second-order valence-electron chi connectivity index (χ2n) is 8.97. The second kappa shape index (κ2) is 9.96. The van der Waals surface area contributed by atoms with Crippen LogP contribution >= 0.6 is 0 Å². The van der Waals surface area contributed by atoms with Gasteiger partial charge in [-0.15, -0.1) is 0 Å². The lowest BCUT2D eigenvalue weighted by molar-refractivity contribution is -0.183. The molecule has 1 fully saturated rings. The largest absolute Gasteiger partial charge is 0.478 e. The molecule has 2 heterocycles. The number of ketones is 1. The Bertz CT molecular complexity index is 1380. The average Bonchev–Trinajstić information content (AvgIpc) is 2.90. The van der Waals surface area contributed by atoms with Crippen molar-refractivity contribution in [2.45, 2.75) is 25.2 Å². The smallest absolute Gasteiger partial charge is 0.340 e. The summed E-state index contributed by atoms with van der Waals surface area (Å²) >= 11 is 0. The van der Waals surface area contributed by atoms with Crippen LogP contribution in [0.15, 0.2) is 90.6 Å². The Labute approximate surface area is 212 Å². The van der Waals surface area contributed by atoms with Gasteiger partial charge in [0.15, 0.2) is 6.04 Å². The molecule has 0 saturated carbocycles. The van der Waals surface area contributed by atoms with E-state index >= 15 is 0 Å². The van der Waals surface area contributed by atoms with Gasteiger partial charge >= 0.3 is 5.97 Å². The van der Waals surface area contributed by atoms with Crippen molar-refractivity contribution in [2.75, 3.05) is 6.67 Å². The minimum Gasteiger partial charge on any atom is -0.478 e. The number of fused-ring (bicyclic) bond motifs is 1. The quantitative estimate of drug-likeness (QED) is 0.501. The zero-order valence-corrected chi connectivity index (χ0v) is 19.7. The van der Waals surface area contributed by atoms with Crippen LogP contribution < -0.4 is 0 Å². The number of carboxylic acids is 1. The molecule has 3 aromatic rings. The highest BCUT2D eigenvalue weighted by atomic mass is 19.1. The van der Waals surface area contributed by atoms with Gasteiger partial charge in [0.25, 0.3) is 5.91 Å². The van der Waals surface area contributed by atoms with Crippen molar-refractivity contribution < 1.29 is 29.0 Å². The first-order valence-corrected chi connectivity index (χ1v) is 11.7. The Balaban J connectivity index is 1.54. The van der Waals surface area contributed by atoms with E-state index in [9.17, 15) is 29.0 Å². The zero-order valence-electron chi connectivity index (χ0n) is 19.7. The van der Waals surface area contributed by atoms with Crippen LogP contribution in [0.4, 0.5) is 4.39 Å². The maximum Gasteiger partial charge on any atom is 0.340 e. The maximum absolute atomic E-state index is 13.4. The number of nitrogens with zero attached hydrogens (tertiary/aromatic N) is 3. The van der Waals surface area contributed by atoms with Crippen LogP contribution in [0.5, 0.6) is 0 Å². The van der Waals surface area contributed by atoms with Crippen molar-refractivity contribution in [3.05, 3.63) is 108 Å². The van der Waals surface area contributed by atoms with Gasteiger partial charge in [-0.3, -0.25) is 14.6 Å². The number of carboxylic acid groups (broad SMARTS) is 1. The van der Waals surface area contributed by atoms with Crippen LogP contribution in [0.25, 0.3) is 11.1 Å². The first kappa shape index (κ1) is 24.4. The third-order valence-corrected chi connectivity index (χ3v) is 6.58. The van der Waals surface area contributed by atoms with Crippen molar-refractivity contribution in [1.29, 1.82) is 0 Å². The van der Waals surface area contributed by atoms with E-state index in [4.69, 9.17) is 0 Å². The molecule has 1 saturated heterocycles. The van der Waals surface area contributed by atoms with Gasteiger partial charge in [-0.2, -0.15) is 5.01 Å². The fourth-order valence-corrected chi connectivity index (χ4v) is 4.74. The molecule has 0 radical (unpaired) electrons. The lowest BCUT2D eigenvalue weighted by atomic mass is 9.94. The summed E-state index contributed by atoms with van der Waals surface area (Å²) in [6, 6.07) is 21.9. The molecule has 0 aliphatic carbocycles. The number of hydrazine groups is 1. The van der Waals surface area contributed by atoms with Crippen LogP contribution in [-0.2, 0) is 27.5 Å². The fraction of sp³-hybridized carbons (Fsp3) is 0.179. The summed E-state index contributed by atoms with van der Waals surface area (Å²) in [6.07, 6.45) is -0.730. The van der Waals surface area contributed by atoms with E-state index in [-0.39, 0.29) is 19.8 Å². The summed E-state index contributed by atoms with van der Waals surface area (Å²) in [5, 5.41) is 23.4. The molecule has 5 rings (SSSR count). The number of carbonyl (C=O) groups is 3. The summed E-state index contributed by atoms with van der Waals surface area (Å²) in [4.78, 5) is 39.3. The van der Waals surface area contributed by atoms with Crippen LogP contribution in [0.1, 0.15) is 11.1 Å². The molecular formula is C28H24FN3O5. The first-order valence-electron chi connectivity index (χ1n) is 11.7. The number of aliphatic hydroxyl groups excluding tert-OH is 1. The molecular weight excluding hydrogens is 477 g/mol. The van der Waals surface area contributed by atoms with Crippen molar-refractivity contribution in [1.82, 2.24) is 14.9 Å². The van der Waals surface area contributed by atoms with Gasteiger partial charge in [-0.05, 0) is 34.4 Å². The highest BCUT2D eigenvalue weighted by Crippen LogP contribution is 2.31. The van der Waals surface area contributed by atoms with E-state index in [0.29, 0.717) is 5.56 Å². The third kappa shape index (κ3) is 4.74. The molecule has 2 aliphatic rings. The number of rotatable bonds is 6. The molecule has 3 aromatic carbocycles. The number of hydrogen-bond acceptors (Lipinski definition) is 6. The van der Waals surface area contributed by atoms with Crippen LogP contribution in [0.3, 0.4) is 0 Å². The van der Waals surface area contributed by atoms with E-state index in [0.717, 1.165) is 22.9 Å². The molecule has 188 valence electrons. The van der Waals surface area contributed by atoms with Gasteiger partial charge in [0, 0.05) is 19.3 Å². The van der Waals surface area contributed by atoms with Crippen molar-refractivity contribution >= 4 is 17.7 Å². The van der Waals surface area contributed by atoms with Gasteiger partial charge in [0.2, 0.25) is 5.78 Å². The molecule has 2 atom stereocenters. The van der Waals surface area contributed by atoms with E-state index in [2.05, 4.69) is 0 Å². The third-order valence-electron chi connectivity index (χ3n) is 6.58. The average molecular weight is 502 g/mol. The number of aliphatic hydroxyl groups is 1. The number of benzene rings is 3. The van der Waals surface area contributed by atoms with Crippen molar-refractivity contribution in [3.63, 3.8) is 0 Å². The minimum atomic E-state index is -1.86. The van der Waals surface area contributed by atoms with Gasteiger partial charge in [-0.1, -0.05) is 66.7 Å². The molecule has 0 spiro atoms. The molecule has 2 aliphatic heterocycles. The first-order chi connectivity index (χ1) is 17.8. The number of amides is 1. The lowest BCUT2D eigenvalue weighted by Gasteiger charge is -2.50. The summed E-state index contributed by atoms with van der Waals surface area (Å²) < 4.78 is 13.4. The highest BCUT2D eigenvalue weighted by molar-refractivity contribution is 6.20. The molecule has 37 heavy (non-hydrogen) atoms. The zero-order chi connectivity index (χ0) is 26.1. The Morgan fingerprint density at radius 3 is 2.30 bits per heavy atom. The summed E-state index contributed by atoms with van der Waals surface area (Å²) in [5.74, 6) is -3.43. The molecule has 8 nitrogen and oxygen atoms in total. The lowest BCUT2D eigenvalue weighted by Crippen LogP contribution is -2.68. The second-order valence-corrected chi connectivity index (χ2v) is 8.97. The summed E-state index contributed by atoms with van der Waals surface area (Å²) in [5.41, 5.74) is 2.93. The molecule has 9 heteroatoms. The van der Waals surface area contributed by atoms with Gasteiger partial charge in [0.1, 0.15) is 17.5 Å². The number of Topliss-reactive ketones (excluding diaryl/α,β-unsaturated/α-hetero) is 1. The molecule has 0 aromatic heterocycles. The van der Waals surface area contributed by atoms with Crippen LogP contribution in [0, 0.1) is 5.82 Å². The normalized spacial score (nSPS) is 20.0.